The molecule has 0 bridgehead atoms. The number of aryl methyl sites for hydroxylation is 1. The summed E-state index contributed by atoms with van der Waals surface area (Å²) in [5, 5.41) is 3.42. The Morgan fingerprint density at radius 1 is 1.26 bits per heavy atom. The number of carbonyl (C=O) groups excluding carboxylic acids is 1. The zero-order valence-corrected chi connectivity index (χ0v) is 12.6. The summed E-state index contributed by atoms with van der Waals surface area (Å²) in [5.74, 6) is 3.48. The van der Waals surface area contributed by atoms with Crippen LogP contribution in [0.25, 0.3) is 0 Å². The molecule has 2 aliphatic rings. The van der Waals surface area contributed by atoms with E-state index in [-0.39, 0.29) is 17.2 Å². The van der Waals surface area contributed by atoms with Crippen LogP contribution < -0.4 is 5.32 Å². The second kappa shape index (κ2) is 6.23. The Morgan fingerprint density at radius 3 is 3.00 bits per heavy atom. The van der Waals surface area contributed by atoms with E-state index in [4.69, 9.17) is 0 Å². The van der Waals surface area contributed by atoms with E-state index in [2.05, 4.69) is 29.6 Å². The number of rotatable bonds is 2. The Balaban J connectivity index is 1.68. The number of benzene rings is 1. The number of carbonyl (C=O) groups is 1. The van der Waals surface area contributed by atoms with Gasteiger partial charge in [-0.3, -0.25) is 4.79 Å². The molecule has 0 unspecified atom stereocenters. The molecule has 1 aromatic carbocycles. The van der Waals surface area contributed by atoms with E-state index in [1.54, 1.807) is 0 Å². The van der Waals surface area contributed by atoms with Crippen molar-refractivity contribution in [3.05, 3.63) is 35.4 Å². The Kier molecular flexibility index (Phi) is 4.38. The molecule has 3 rings (SSSR count). The van der Waals surface area contributed by atoms with E-state index in [0.29, 0.717) is 0 Å². The van der Waals surface area contributed by atoms with Gasteiger partial charge in [0.25, 0.3) is 0 Å². The molecular weight excluding hydrogens is 274 g/mol. The number of fused-ring (bicyclic) bond motifs is 1. The molecular formula is C15H19NOS2. The zero-order chi connectivity index (χ0) is 13.1. The van der Waals surface area contributed by atoms with Gasteiger partial charge in [0, 0.05) is 17.3 Å². The molecule has 1 saturated heterocycles. The molecule has 102 valence electrons. The Bertz CT molecular complexity index is 457. The summed E-state index contributed by atoms with van der Waals surface area (Å²) in [6.45, 7) is 0. The highest BCUT2D eigenvalue weighted by molar-refractivity contribution is 8.07. The maximum atomic E-state index is 12.3. The van der Waals surface area contributed by atoms with Crippen LogP contribution >= 0.6 is 23.5 Å². The van der Waals surface area contributed by atoms with Crippen LogP contribution in [0.4, 0.5) is 0 Å². The molecule has 1 N–H and O–H groups in total. The van der Waals surface area contributed by atoms with Crippen molar-refractivity contribution in [2.45, 2.75) is 30.6 Å². The van der Waals surface area contributed by atoms with Crippen molar-refractivity contribution in [1.82, 2.24) is 5.32 Å². The summed E-state index contributed by atoms with van der Waals surface area (Å²) in [4.78, 5) is 12.3. The molecule has 4 heteroatoms. The van der Waals surface area contributed by atoms with Crippen LogP contribution in [0.15, 0.2) is 24.3 Å². The predicted molar refractivity (Wildman–Crippen MR) is 83.8 cm³/mol. The summed E-state index contributed by atoms with van der Waals surface area (Å²) < 4.78 is 0. The molecule has 0 aromatic heterocycles. The summed E-state index contributed by atoms with van der Waals surface area (Å²) in [7, 11) is 0. The number of hydrogen-bond acceptors (Lipinski definition) is 3. The summed E-state index contributed by atoms with van der Waals surface area (Å²) in [6.07, 6.45) is 3.40. The van der Waals surface area contributed by atoms with Gasteiger partial charge in [-0.25, -0.2) is 0 Å². The van der Waals surface area contributed by atoms with E-state index in [9.17, 15) is 4.79 Å². The lowest BCUT2D eigenvalue weighted by molar-refractivity contribution is -0.121. The third kappa shape index (κ3) is 3.11. The van der Waals surface area contributed by atoms with Gasteiger partial charge in [0.15, 0.2) is 0 Å². The standard InChI is InChI=1S/C15H19NOS2/c17-15(14-10-18-8-9-19-14)16-13-7-3-5-11-4-1-2-6-12(11)13/h1-2,4,6,13-14H,3,5,7-10H2,(H,16,17)/t13-,14-/m1/s1. The summed E-state index contributed by atoms with van der Waals surface area (Å²) in [6, 6.07) is 8.76. The van der Waals surface area contributed by atoms with Gasteiger partial charge in [-0.1, -0.05) is 24.3 Å². The van der Waals surface area contributed by atoms with Crippen molar-refractivity contribution in [2.75, 3.05) is 17.3 Å². The molecule has 1 fully saturated rings. The van der Waals surface area contributed by atoms with E-state index in [0.717, 1.165) is 24.3 Å². The third-order valence-electron chi connectivity index (χ3n) is 3.79. The average Bonchev–Trinajstić information content (AvgIpc) is 2.48. The fourth-order valence-electron chi connectivity index (χ4n) is 2.81. The number of amides is 1. The SMILES string of the molecule is O=C(N[C@@H]1CCCc2ccccc21)[C@H]1CSCCS1. The molecule has 1 aliphatic carbocycles. The predicted octanol–water partition coefficient (Wildman–Crippen LogP) is 3.03. The van der Waals surface area contributed by atoms with Crippen LogP contribution in [0.2, 0.25) is 0 Å². The average molecular weight is 293 g/mol. The molecule has 19 heavy (non-hydrogen) atoms. The van der Waals surface area contributed by atoms with Crippen molar-refractivity contribution in [3.8, 4) is 0 Å². The molecule has 0 saturated carbocycles. The quantitative estimate of drug-likeness (QED) is 0.909. The van der Waals surface area contributed by atoms with E-state index in [1.807, 2.05) is 23.5 Å². The summed E-state index contributed by atoms with van der Waals surface area (Å²) in [5.41, 5.74) is 2.74. The lowest BCUT2D eigenvalue weighted by Crippen LogP contribution is -2.39. The Labute approximate surface area is 123 Å². The molecule has 2 nitrogen and oxygen atoms in total. The highest BCUT2D eigenvalue weighted by atomic mass is 32.2. The largest absolute Gasteiger partial charge is 0.348 e. The van der Waals surface area contributed by atoms with Crippen molar-refractivity contribution >= 4 is 29.4 Å². The van der Waals surface area contributed by atoms with Crippen LogP contribution in [0.1, 0.15) is 30.0 Å². The topological polar surface area (TPSA) is 29.1 Å². The monoisotopic (exact) mass is 293 g/mol. The fourth-order valence-corrected chi connectivity index (χ4v) is 5.37. The minimum Gasteiger partial charge on any atom is -0.348 e. The van der Waals surface area contributed by atoms with Crippen LogP contribution in [0.5, 0.6) is 0 Å². The van der Waals surface area contributed by atoms with E-state index < -0.39 is 0 Å². The van der Waals surface area contributed by atoms with Crippen molar-refractivity contribution in [3.63, 3.8) is 0 Å². The maximum absolute atomic E-state index is 12.3. The highest BCUT2D eigenvalue weighted by Crippen LogP contribution is 2.31. The molecule has 0 radical (unpaired) electrons. The maximum Gasteiger partial charge on any atom is 0.234 e. The fraction of sp³-hybridized carbons (Fsp3) is 0.533. The number of thioether (sulfide) groups is 2. The van der Waals surface area contributed by atoms with Crippen LogP contribution in [0, 0.1) is 0 Å². The van der Waals surface area contributed by atoms with Crippen LogP contribution in [0.3, 0.4) is 0 Å². The molecule has 1 aromatic rings. The second-order valence-electron chi connectivity index (χ2n) is 5.09. The highest BCUT2D eigenvalue weighted by Gasteiger charge is 2.27. The normalized spacial score (nSPS) is 26.5. The number of nitrogens with one attached hydrogen (secondary N) is 1. The van der Waals surface area contributed by atoms with Gasteiger partial charge in [-0.2, -0.15) is 11.8 Å². The third-order valence-corrected chi connectivity index (χ3v) is 6.55. The number of hydrogen-bond donors (Lipinski definition) is 1. The van der Waals surface area contributed by atoms with Gasteiger partial charge in [0.2, 0.25) is 5.91 Å². The smallest absolute Gasteiger partial charge is 0.234 e. The zero-order valence-electron chi connectivity index (χ0n) is 10.9. The first kappa shape index (κ1) is 13.4. The van der Waals surface area contributed by atoms with Crippen molar-refractivity contribution < 1.29 is 4.79 Å². The molecule has 1 aliphatic heterocycles. The first-order chi connectivity index (χ1) is 9.34. The van der Waals surface area contributed by atoms with Crippen molar-refractivity contribution in [1.29, 1.82) is 0 Å². The van der Waals surface area contributed by atoms with Crippen molar-refractivity contribution in [2.24, 2.45) is 0 Å². The van der Waals surface area contributed by atoms with Crippen LogP contribution in [-0.4, -0.2) is 28.4 Å². The molecule has 2 atom stereocenters. The molecule has 0 spiro atoms. The first-order valence-electron chi connectivity index (χ1n) is 6.92. The van der Waals surface area contributed by atoms with E-state index >= 15 is 0 Å². The van der Waals surface area contributed by atoms with E-state index in [1.165, 1.54) is 23.3 Å². The minimum atomic E-state index is 0.146. The van der Waals surface area contributed by atoms with Gasteiger partial charge in [-0.15, -0.1) is 11.8 Å². The molecule has 1 heterocycles. The van der Waals surface area contributed by atoms with Gasteiger partial charge < -0.3 is 5.32 Å². The van der Waals surface area contributed by atoms with Gasteiger partial charge in [-0.05, 0) is 30.4 Å². The lowest BCUT2D eigenvalue weighted by atomic mass is 9.88. The van der Waals surface area contributed by atoms with Crippen LogP contribution in [-0.2, 0) is 11.2 Å². The van der Waals surface area contributed by atoms with Gasteiger partial charge in [0.1, 0.15) is 0 Å². The van der Waals surface area contributed by atoms with Gasteiger partial charge >= 0.3 is 0 Å². The summed E-state index contributed by atoms with van der Waals surface area (Å²) >= 11 is 3.71. The molecule has 1 amide bonds. The Hall–Kier alpha value is -0.610. The first-order valence-corrected chi connectivity index (χ1v) is 9.12. The minimum absolute atomic E-state index is 0.146. The van der Waals surface area contributed by atoms with Gasteiger partial charge in [0.05, 0.1) is 11.3 Å². The second-order valence-corrected chi connectivity index (χ2v) is 7.55. The Morgan fingerprint density at radius 2 is 2.16 bits per heavy atom. The lowest BCUT2D eigenvalue weighted by Gasteiger charge is -2.29.